The van der Waals surface area contributed by atoms with E-state index in [1.54, 1.807) is 6.07 Å². The normalized spacial score (nSPS) is 12.5. The van der Waals surface area contributed by atoms with Crippen molar-refractivity contribution in [2.24, 2.45) is 5.92 Å². The van der Waals surface area contributed by atoms with Gasteiger partial charge in [-0.3, -0.25) is 4.79 Å². The Labute approximate surface area is 117 Å². The lowest BCUT2D eigenvalue weighted by atomic mass is 10.0. The molecule has 0 saturated carbocycles. The molecule has 1 aromatic carbocycles. The fourth-order valence-corrected chi connectivity index (χ4v) is 2.06. The minimum atomic E-state index is -0.338. The first-order valence-corrected chi connectivity index (χ1v) is 6.70. The van der Waals surface area contributed by atoms with Gasteiger partial charge in [0.25, 0.3) is 5.91 Å². The highest BCUT2D eigenvalue weighted by molar-refractivity contribution is 6.30. The monoisotopic (exact) mass is 289 g/mol. The van der Waals surface area contributed by atoms with E-state index >= 15 is 0 Å². The number of alkyl halides is 1. The van der Waals surface area contributed by atoms with Crippen molar-refractivity contribution in [2.75, 3.05) is 5.88 Å². The van der Waals surface area contributed by atoms with Gasteiger partial charge in [0.05, 0.1) is 5.56 Å². The van der Waals surface area contributed by atoms with Gasteiger partial charge in [0.15, 0.2) is 0 Å². The molecule has 0 aliphatic heterocycles. The number of phenols is 1. The van der Waals surface area contributed by atoms with E-state index in [1.807, 2.05) is 0 Å². The van der Waals surface area contributed by atoms with E-state index in [2.05, 4.69) is 19.2 Å². The zero-order chi connectivity index (χ0) is 13.7. The van der Waals surface area contributed by atoms with Crippen molar-refractivity contribution >= 4 is 29.1 Å². The summed E-state index contributed by atoms with van der Waals surface area (Å²) in [6.45, 7) is 4.12. The standard InChI is InChI=1S/C13H17Cl2NO2/c1-8(2)5-10(7-14)16-13(18)11-4-3-9(15)6-12(11)17/h3-4,6,8,10,17H,5,7H2,1-2H3,(H,16,18). The summed E-state index contributed by atoms with van der Waals surface area (Å²) in [5.74, 6) is 0.319. The molecular weight excluding hydrogens is 273 g/mol. The van der Waals surface area contributed by atoms with Crippen molar-refractivity contribution in [3.8, 4) is 5.75 Å². The molecule has 5 heteroatoms. The van der Waals surface area contributed by atoms with Crippen LogP contribution in [0, 0.1) is 5.92 Å². The number of hydrogen-bond donors (Lipinski definition) is 2. The van der Waals surface area contributed by atoms with Gasteiger partial charge < -0.3 is 10.4 Å². The van der Waals surface area contributed by atoms with Crippen LogP contribution in [0.1, 0.15) is 30.6 Å². The predicted octanol–water partition coefficient (Wildman–Crippen LogP) is 3.43. The zero-order valence-electron chi connectivity index (χ0n) is 10.4. The highest BCUT2D eigenvalue weighted by Crippen LogP contribution is 2.22. The van der Waals surface area contributed by atoms with Gasteiger partial charge in [0.2, 0.25) is 0 Å². The maximum Gasteiger partial charge on any atom is 0.255 e. The molecule has 0 heterocycles. The van der Waals surface area contributed by atoms with Crippen LogP contribution in [0.3, 0.4) is 0 Å². The predicted molar refractivity (Wildman–Crippen MR) is 74.5 cm³/mol. The van der Waals surface area contributed by atoms with E-state index in [9.17, 15) is 9.90 Å². The topological polar surface area (TPSA) is 49.3 Å². The second-order valence-electron chi connectivity index (χ2n) is 4.62. The molecule has 1 atom stereocenters. The summed E-state index contributed by atoms with van der Waals surface area (Å²) in [6, 6.07) is 4.30. The summed E-state index contributed by atoms with van der Waals surface area (Å²) in [4.78, 5) is 12.0. The molecule has 0 spiro atoms. The van der Waals surface area contributed by atoms with Crippen LogP contribution in [0.5, 0.6) is 5.75 Å². The fourth-order valence-electron chi connectivity index (χ4n) is 1.69. The van der Waals surface area contributed by atoms with Gasteiger partial charge in [-0.2, -0.15) is 0 Å². The lowest BCUT2D eigenvalue weighted by Gasteiger charge is -2.18. The molecule has 0 fully saturated rings. The van der Waals surface area contributed by atoms with Gasteiger partial charge >= 0.3 is 0 Å². The van der Waals surface area contributed by atoms with E-state index in [4.69, 9.17) is 23.2 Å². The lowest BCUT2D eigenvalue weighted by molar-refractivity contribution is 0.0934. The van der Waals surface area contributed by atoms with E-state index in [-0.39, 0.29) is 23.3 Å². The van der Waals surface area contributed by atoms with Crippen LogP contribution >= 0.6 is 23.2 Å². The Hall–Kier alpha value is -0.930. The van der Waals surface area contributed by atoms with E-state index in [1.165, 1.54) is 12.1 Å². The highest BCUT2D eigenvalue weighted by atomic mass is 35.5. The Kier molecular flexibility index (Phi) is 5.76. The van der Waals surface area contributed by atoms with Crippen molar-refractivity contribution in [1.82, 2.24) is 5.32 Å². The summed E-state index contributed by atoms with van der Waals surface area (Å²) >= 11 is 11.5. The van der Waals surface area contributed by atoms with Crippen LogP contribution in [0.4, 0.5) is 0 Å². The quantitative estimate of drug-likeness (QED) is 0.816. The van der Waals surface area contributed by atoms with Crippen LogP contribution in [-0.2, 0) is 0 Å². The highest BCUT2D eigenvalue weighted by Gasteiger charge is 2.16. The van der Waals surface area contributed by atoms with E-state index in [0.29, 0.717) is 16.8 Å². The Balaban J connectivity index is 2.74. The minimum Gasteiger partial charge on any atom is -0.507 e. The van der Waals surface area contributed by atoms with E-state index < -0.39 is 0 Å². The summed E-state index contributed by atoms with van der Waals surface area (Å²) in [5.41, 5.74) is 0.207. The molecule has 0 saturated heterocycles. The van der Waals surface area contributed by atoms with Crippen molar-refractivity contribution < 1.29 is 9.90 Å². The van der Waals surface area contributed by atoms with Gasteiger partial charge in [-0.15, -0.1) is 11.6 Å². The average Bonchev–Trinajstić information content (AvgIpc) is 2.27. The first-order valence-electron chi connectivity index (χ1n) is 5.79. The SMILES string of the molecule is CC(C)CC(CCl)NC(=O)c1ccc(Cl)cc1O. The molecule has 1 aromatic rings. The summed E-state index contributed by atoms with van der Waals surface area (Å²) < 4.78 is 0. The van der Waals surface area contributed by atoms with Gasteiger partial charge in [0, 0.05) is 16.9 Å². The summed E-state index contributed by atoms with van der Waals surface area (Å²) in [7, 11) is 0. The first-order chi connectivity index (χ1) is 8.43. The van der Waals surface area contributed by atoms with Crippen molar-refractivity contribution in [3.63, 3.8) is 0 Å². The fraction of sp³-hybridized carbons (Fsp3) is 0.462. The van der Waals surface area contributed by atoms with Crippen LogP contribution in [0.15, 0.2) is 18.2 Å². The van der Waals surface area contributed by atoms with Crippen molar-refractivity contribution in [2.45, 2.75) is 26.3 Å². The van der Waals surface area contributed by atoms with Crippen molar-refractivity contribution in [3.05, 3.63) is 28.8 Å². The molecule has 18 heavy (non-hydrogen) atoms. The number of halogens is 2. The maximum absolute atomic E-state index is 12.0. The zero-order valence-corrected chi connectivity index (χ0v) is 11.9. The Morgan fingerprint density at radius 3 is 2.61 bits per heavy atom. The lowest BCUT2D eigenvalue weighted by Crippen LogP contribution is -2.37. The number of carbonyl (C=O) groups excluding carboxylic acids is 1. The largest absolute Gasteiger partial charge is 0.507 e. The Morgan fingerprint density at radius 1 is 1.44 bits per heavy atom. The van der Waals surface area contributed by atoms with E-state index in [0.717, 1.165) is 6.42 Å². The molecule has 0 radical (unpaired) electrons. The minimum absolute atomic E-state index is 0.103. The molecule has 0 aliphatic rings. The Morgan fingerprint density at radius 2 is 2.11 bits per heavy atom. The van der Waals surface area contributed by atoms with Crippen LogP contribution < -0.4 is 5.32 Å². The number of hydrogen-bond acceptors (Lipinski definition) is 2. The molecule has 0 aromatic heterocycles. The number of amides is 1. The third kappa shape index (κ3) is 4.39. The molecule has 1 amide bonds. The molecule has 1 rings (SSSR count). The third-order valence-electron chi connectivity index (χ3n) is 2.48. The molecule has 1 unspecified atom stereocenters. The smallest absolute Gasteiger partial charge is 0.255 e. The van der Waals surface area contributed by atoms with Crippen LogP contribution in [-0.4, -0.2) is 22.9 Å². The molecule has 100 valence electrons. The van der Waals surface area contributed by atoms with Gasteiger partial charge in [-0.05, 0) is 30.5 Å². The number of aromatic hydroxyl groups is 1. The first kappa shape index (κ1) is 15.1. The van der Waals surface area contributed by atoms with Gasteiger partial charge in [-0.1, -0.05) is 25.4 Å². The third-order valence-corrected chi connectivity index (χ3v) is 3.09. The van der Waals surface area contributed by atoms with Crippen molar-refractivity contribution in [1.29, 1.82) is 0 Å². The number of nitrogens with one attached hydrogen (secondary N) is 1. The second-order valence-corrected chi connectivity index (χ2v) is 5.36. The van der Waals surface area contributed by atoms with Gasteiger partial charge in [-0.25, -0.2) is 0 Å². The second kappa shape index (κ2) is 6.86. The van der Waals surface area contributed by atoms with Gasteiger partial charge in [0.1, 0.15) is 5.75 Å². The van der Waals surface area contributed by atoms with Crippen LogP contribution in [0.25, 0.3) is 0 Å². The average molecular weight is 290 g/mol. The molecule has 0 aliphatic carbocycles. The summed E-state index contributed by atoms with van der Waals surface area (Å²) in [6.07, 6.45) is 0.795. The molecule has 3 nitrogen and oxygen atoms in total. The maximum atomic E-state index is 12.0. The number of carbonyl (C=O) groups is 1. The number of benzene rings is 1. The molecular formula is C13H17Cl2NO2. The molecule has 0 bridgehead atoms. The van der Waals surface area contributed by atoms with Crippen LogP contribution in [0.2, 0.25) is 5.02 Å². The summed E-state index contributed by atoms with van der Waals surface area (Å²) in [5, 5.41) is 12.8. The number of rotatable bonds is 5. The Bertz CT molecular complexity index is 421. The number of phenolic OH excluding ortho intramolecular Hbond substituents is 1. The molecule has 2 N–H and O–H groups in total.